The van der Waals surface area contributed by atoms with E-state index in [1.807, 2.05) is 18.2 Å². The molecule has 0 aliphatic rings. The maximum Gasteiger partial charge on any atom is 0.0670 e. The van der Waals surface area contributed by atoms with Gasteiger partial charge in [-0.3, -0.25) is 0 Å². The fraction of sp³-hybridized carbons (Fsp3) is 0.533. The van der Waals surface area contributed by atoms with Crippen LogP contribution in [0.2, 0.25) is 0 Å². The van der Waals surface area contributed by atoms with E-state index in [2.05, 4.69) is 24.8 Å². The molecule has 4 heteroatoms. The summed E-state index contributed by atoms with van der Waals surface area (Å²) in [4.78, 5) is 2.19. The van der Waals surface area contributed by atoms with Gasteiger partial charge >= 0.3 is 0 Å². The summed E-state index contributed by atoms with van der Waals surface area (Å²) in [5.41, 5.74) is 8.41. The van der Waals surface area contributed by atoms with Gasteiger partial charge in [-0.15, -0.1) is 0 Å². The van der Waals surface area contributed by atoms with Crippen molar-refractivity contribution in [2.45, 2.75) is 39.2 Å². The van der Waals surface area contributed by atoms with Crippen LogP contribution >= 0.6 is 0 Å². The van der Waals surface area contributed by atoms with Crippen molar-refractivity contribution in [1.29, 1.82) is 5.26 Å². The highest BCUT2D eigenvalue weighted by molar-refractivity contribution is 5.59. The Hall–Kier alpha value is -1.73. The Morgan fingerprint density at radius 1 is 1.37 bits per heavy atom. The number of aliphatic hydroxyl groups is 1. The zero-order valence-electron chi connectivity index (χ0n) is 11.8. The normalized spacial score (nSPS) is 10.5. The van der Waals surface area contributed by atoms with Crippen LogP contribution in [-0.2, 0) is 6.42 Å². The van der Waals surface area contributed by atoms with Gasteiger partial charge in [-0.25, -0.2) is 0 Å². The summed E-state index contributed by atoms with van der Waals surface area (Å²) in [6.45, 7) is 5.01. The molecule has 4 nitrogen and oxygen atoms in total. The van der Waals surface area contributed by atoms with Crippen LogP contribution in [0.4, 0.5) is 11.4 Å². The molecule has 0 radical (unpaired) electrons. The van der Waals surface area contributed by atoms with E-state index in [1.165, 1.54) is 0 Å². The third-order valence-electron chi connectivity index (χ3n) is 3.45. The molecular formula is C15H23N3O. The van der Waals surface area contributed by atoms with Gasteiger partial charge in [0.2, 0.25) is 0 Å². The van der Waals surface area contributed by atoms with Crippen LogP contribution in [-0.4, -0.2) is 24.3 Å². The van der Waals surface area contributed by atoms with E-state index in [0.717, 1.165) is 24.1 Å². The molecule has 0 saturated carbocycles. The van der Waals surface area contributed by atoms with Crippen molar-refractivity contribution < 1.29 is 5.11 Å². The predicted octanol–water partition coefficient (Wildman–Crippen LogP) is 2.32. The second-order valence-corrected chi connectivity index (χ2v) is 4.61. The summed E-state index contributed by atoms with van der Waals surface area (Å²) in [5, 5.41) is 18.1. The highest BCUT2D eigenvalue weighted by Crippen LogP contribution is 2.25. The van der Waals surface area contributed by atoms with Crippen molar-refractivity contribution in [2.24, 2.45) is 0 Å². The molecular weight excluding hydrogens is 238 g/mol. The maximum atomic E-state index is 9.25. The van der Waals surface area contributed by atoms with E-state index in [-0.39, 0.29) is 6.61 Å². The van der Waals surface area contributed by atoms with Crippen molar-refractivity contribution in [3.8, 4) is 6.07 Å². The van der Waals surface area contributed by atoms with E-state index in [0.29, 0.717) is 24.7 Å². The molecule has 0 aliphatic carbocycles. The van der Waals surface area contributed by atoms with Gasteiger partial charge in [0.05, 0.1) is 19.1 Å². The molecule has 1 rings (SSSR count). The topological polar surface area (TPSA) is 73.3 Å². The molecule has 0 heterocycles. The van der Waals surface area contributed by atoms with Crippen molar-refractivity contribution in [3.63, 3.8) is 0 Å². The third-order valence-corrected chi connectivity index (χ3v) is 3.45. The summed E-state index contributed by atoms with van der Waals surface area (Å²) in [5.74, 6) is 0. The lowest BCUT2D eigenvalue weighted by atomic mass is 10.1. The number of nitriles is 1. The molecule has 0 aliphatic heterocycles. The first-order valence-electron chi connectivity index (χ1n) is 6.80. The number of anilines is 2. The summed E-state index contributed by atoms with van der Waals surface area (Å²) in [6.07, 6.45) is 2.36. The largest absolute Gasteiger partial charge is 0.398 e. The lowest BCUT2D eigenvalue weighted by molar-refractivity contribution is 0.296. The molecule has 19 heavy (non-hydrogen) atoms. The molecule has 0 bridgehead atoms. The number of nitrogen functional groups attached to an aromatic ring is 1. The van der Waals surface area contributed by atoms with Crippen LogP contribution in [0.15, 0.2) is 18.2 Å². The fourth-order valence-electron chi connectivity index (χ4n) is 2.37. The quantitative estimate of drug-likeness (QED) is 0.739. The van der Waals surface area contributed by atoms with E-state index < -0.39 is 0 Å². The van der Waals surface area contributed by atoms with E-state index in [4.69, 9.17) is 11.0 Å². The van der Waals surface area contributed by atoms with Crippen LogP contribution in [0.1, 0.15) is 32.3 Å². The smallest absolute Gasteiger partial charge is 0.0670 e. The Kier molecular flexibility index (Phi) is 6.17. The molecule has 0 amide bonds. The minimum absolute atomic E-state index is 0.120. The number of nitrogens with zero attached hydrogens (tertiary/aromatic N) is 2. The Labute approximate surface area is 115 Å². The van der Waals surface area contributed by atoms with Gasteiger partial charge in [0, 0.05) is 24.0 Å². The number of benzene rings is 1. The Bertz CT molecular complexity index is 436. The van der Waals surface area contributed by atoms with Gasteiger partial charge in [-0.2, -0.15) is 5.26 Å². The Morgan fingerprint density at radius 2 is 2.05 bits per heavy atom. The molecule has 104 valence electrons. The monoisotopic (exact) mass is 261 g/mol. The predicted molar refractivity (Wildman–Crippen MR) is 79.0 cm³/mol. The number of rotatable bonds is 7. The van der Waals surface area contributed by atoms with Crippen LogP contribution in [0.25, 0.3) is 0 Å². The summed E-state index contributed by atoms with van der Waals surface area (Å²) < 4.78 is 0. The molecule has 0 unspecified atom stereocenters. The SMILES string of the molecule is CCC(CC)N(CCO)c1ccc(N)c(CC#N)c1. The Balaban J connectivity index is 3.08. The average Bonchev–Trinajstić information content (AvgIpc) is 2.42. The van der Waals surface area contributed by atoms with Gasteiger partial charge in [0.1, 0.15) is 0 Å². The lowest BCUT2D eigenvalue weighted by Gasteiger charge is -2.32. The standard InChI is InChI=1S/C15H23N3O/c1-3-13(4-2)18(9-10-19)14-5-6-15(17)12(11-14)7-8-16/h5-6,11,13,19H,3-4,7,9-10,17H2,1-2H3. The van der Waals surface area contributed by atoms with Crippen molar-refractivity contribution in [3.05, 3.63) is 23.8 Å². The summed E-state index contributed by atoms with van der Waals surface area (Å²) >= 11 is 0. The molecule has 0 spiro atoms. The zero-order chi connectivity index (χ0) is 14.3. The molecule has 1 aromatic rings. The summed E-state index contributed by atoms with van der Waals surface area (Å²) in [6, 6.07) is 8.30. The number of hydrogen-bond acceptors (Lipinski definition) is 4. The first kappa shape index (κ1) is 15.3. The summed E-state index contributed by atoms with van der Waals surface area (Å²) in [7, 11) is 0. The first-order valence-corrected chi connectivity index (χ1v) is 6.80. The molecule has 0 saturated heterocycles. The first-order chi connectivity index (χ1) is 9.17. The molecule has 0 fully saturated rings. The highest BCUT2D eigenvalue weighted by Gasteiger charge is 2.16. The van der Waals surface area contributed by atoms with Gasteiger partial charge in [0.15, 0.2) is 0 Å². The number of hydrogen-bond donors (Lipinski definition) is 2. The highest BCUT2D eigenvalue weighted by atomic mass is 16.3. The molecule has 0 aromatic heterocycles. The van der Waals surface area contributed by atoms with Gasteiger partial charge in [0.25, 0.3) is 0 Å². The van der Waals surface area contributed by atoms with E-state index in [1.54, 1.807) is 0 Å². The maximum absolute atomic E-state index is 9.25. The van der Waals surface area contributed by atoms with E-state index in [9.17, 15) is 5.11 Å². The zero-order valence-corrected chi connectivity index (χ0v) is 11.8. The second-order valence-electron chi connectivity index (χ2n) is 4.61. The van der Waals surface area contributed by atoms with E-state index >= 15 is 0 Å². The number of nitrogens with two attached hydrogens (primary N) is 1. The van der Waals surface area contributed by atoms with Crippen molar-refractivity contribution in [2.75, 3.05) is 23.8 Å². The fourth-order valence-corrected chi connectivity index (χ4v) is 2.37. The minimum atomic E-state index is 0.120. The third kappa shape index (κ3) is 3.87. The lowest BCUT2D eigenvalue weighted by Crippen LogP contribution is -2.36. The van der Waals surface area contributed by atoms with Gasteiger partial charge in [-0.1, -0.05) is 13.8 Å². The molecule has 3 N–H and O–H groups in total. The van der Waals surface area contributed by atoms with Crippen molar-refractivity contribution >= 4 is 11.4 Å². The van der Waals surface area contributed by atoms with Crippen LogP contribution in [0.3, 0.4) is 0 Å². The van der Waals surface area contributed by atoms with Crippen LogP contribution in [0.5, 0.6) is 0 Å². The van der Waals surface area contributed by atoms with Crippen molar-refractivity contribution in [1.82, 2.24) is 0 Å². The minimum Gasteiger partial charge on any atom is -0.398 e. The average molecular weight is 261 g/mol. The number of aliphatic hydroxyl groups excluding tert-OH is 1. The van der Waals surface area contributed by atoms with Crippen LogP contribution in [0, 0.1) is 11.3 Å². The molecule has 0 atom stereocenters. The van der Waals surface area contributed by atoms with Gasteiger partial charge in [-0.05, 0) is 36.6 Å². The van der Waals surface area contributed by atoms with Gasteiger partial charge < -0.3 is 15.7 Å². The van der Waals surface area contributed by atoms with Crippen LogP contribution < -0.4 is 10.6 Å². The second kappa shape index (κ2) is 7.65. The Morgan fingerprint density at radius 3 is 2.58 bits per heavy atom. The molecule has 1 aromatic carbocycles.